The molecule has 0 aliphatic heterocycles. The van der Waals surface area contributed by atoms with Crippen molar-refractivity contribution in [2.75, 3.05) is 13.7 Å². The van der Waals surface area contributed by atoms with Crippen molar-refractivity contribution in [3.63, 3.8) is 0 Å². The molecule has 0 atom stereocenters. The Labute approximate surface area is 110 Å². The lowest BCUT2D eigenvalue weighted by atomic mass is 10.2. The highest BCUT2D eigenvalue weighted by Crippen LogP contribution is 2.25. The molecule has 2 rings (SSSR count). The molecule has 0 fully saturated rings. The van der Waals surface area contributed by atoms with Gasteiger partial charge in [-0.2, -0.15) is 0 Å². The number of ether oxygens (including phenoxy) is 1. The molecule has 100 valence electrons. The van der Waals surface area contributed by atoms with Gasteiger partial charge in [0, 0.05) is 30.4 Å². The van der Waals surface area contributed by atoms with Crippen LogP contribution in [0.15, 0.2) is 30.7 Å². The number of phenols is 1. The van der Waals surface area contributed by atoms with Gasteiger partial charge in [-0.15, -0.1) is 0 Å². The molecule has 0 saturated carbocycles. The van der Waals surface area contributed by atoms with Crippen LogP contribution in [0.3, 0.4) is 0 Å². The number of imidazole rings is 1. The standard InChI is InChI=1S/C13H15N3O3/c1-19-12-3-2-9(6-11(12)17)13(18)15-5-4-10-7-14-8-16-10/h2-3,6-8,17H,4-5H2,1H3,(H,14,16)(H,15,18). The summed E-state index contributed by atoms with van der Waals surface area (Å²) in [7, 11) is 1.46. The molecule has 1 aromatic heterocycles. The predicted molar refractivity (Wildman–Crippen MR) is 69.3 cm³/mol. The number of methoxy groups -OCH3 is 1. The van der Waals surface area contributed by atoms with Gasteiger partial charge in [0.2, 0.25) is 0 Å². The molecule has 0 saturated heterocycles. The van der Waals surface area contributed by atoms with E-state index >= 15 is 0 Å². The molecule has 1 amide bonds. The van der Waals surface area contributed by atoms with E-state index < -0.39 is 0 Å². The Kier molecular flexibility index (Phi) is 4.02. The third-order valence-electron chi connectivity index (χ3n) is 2.68. The Morgan fingerprint density at radius 1 is 1.53 bits per heavy atom. The van der Waals surface area contributed by atoms with E-state index in [1.807, 2.05) is 0 Å². The van der Waals surface area contributed by atoms with Crippen LogP contribution in [0.2, 0.25) is 0 Å². The molecule has 0 aliphatic carbocycles. The summed E-state index contributed by atoms with van der Waals surface area (Å²) in [5, 5.41) is 12.4. The molecule has 19 heavy (non-hydrogen) atoms. The molecule has 2 aromatic rings. The smallest absolute Gasteiger partial charge is 0.251 e. The van der Waals surface area contributed by atoms with E-state index in [-0.39, 0.29) is 11.7 Å². The second kappa shape index (κ2) is 5.90. The number of aromatic hydroxyl groups is 1. The van der Waals surface area contributed by atoms with Gasteiger partial charge in [0.25, 0.3) is 5.91 Å². The first-order valence-corrected chi connectivity index (χ1v) is 5.83. The van der Waals surface area contributed by atoms with Crippen molar-refractivity contribution >= 4 is 5.91 Å². The number of rotatable bonds is 5. The van der Waals surface area contributed by atoms with Gasteiger partial charge < -0.3 is 20.1 Å². The number of amides is 1. The van der Waals surface area contributed by atoms with Gasteiger partial charge in [0.1, 0.15) is 0 Å². The van der Waals surface area contributed by atoms with Gasteiger partial charge in [-0.25, -0.2) is 4.98 Å². The highest BCUT2D eigenvalue weighted by atomic mass is 16.5. The van der Waals surface area contributed by atoms with E-state index in [0.717, 1.165) is 5.69 Å². The zero-order chi connectivity index (χ0) is 13.7. The maximum atomic E-state index is 11.8. The van der Waals surface area contributed by atoms with Crippen LogP contribution >= 0.6 is 0 Å². The second-order valence-corrected chi connectivity index (χ2v) is 3.97. The van der Waals surface area contributed by atoms with Gasteiger partial charge in [0.05, 0.1) is 13.4 Å². The maximum Gasteiger partial charge on any atom is 0.251 e. The summed E-state index contributed by atoms with van der Waals surface area (Å²) in [6.45, 7) is 0.494. The number of aromatic amines is 1. The highest BCUT2D eigenvalue weighted by molar-refractivity contribution is 5.94. The Morgan fingerprint density at radius 3 is 3.00 bits per heavy atom. The zero-order valence-electron chi connectivity index (χ0n) is 10.5. The molecule has 0 bridgehead atoms. The SMILES string of the molecule is COc1ccc(C(=O)NCCc2cnc[nH]2)cc1O. The monoisotopic (exact) mass is 261 g/mol. The molecular formula is C13H15N3O3. The van der Waals surface area contributed by atoms with Crippen molar-refractivity contribution < 1.29 is 14.6 Å². The quantitative estimate of drug-likeness (QED) is 0.752. The summed E-state index contributed by atoms with van der Waals surface area (Å²) in [5.74, 6) is 0.0511. The Balaban J connectivity index is 1.91. The van der Waals surface area contributed by atoms with Crippen molar-refractivity contribution in [3.8, 4) is 11.5 Å². The molecule has 6 heteroatoms. The van der Waals surface area contributed by atoms with Crippen LogP contribution in [0, 0.1) is 0 Å². The number of H-pyrrole nitrogens is 1. The number of nitrogens with one attached hydrogen (secondary N) is 2. The average molecular weight is 261 g/mol. The second-order valence-electron chi connectivity index (χ2n) is 3.97. The molecule has 0 aliphatic rings. The molecule has 1 aromatic carbocycles. The average Bonchev–Trinajstić information content (AvgIpc) is 2.91. The van der Waals surface area contributed by atoms with Crippen molar-refractivity contribution in [1.82, 2.24) is 15.3 Å². The zero-order valence-corrected chi connectivity index (χ0v) is 10.5. The summed E-state index contributed by atoms with van der Waals surface area (Å²) in [4.78, 5) is 18.7. The fourth-order valence-electron chi connectivity index (χ4n) is 1.67. The summed E-state index contributed by atoms with van der Waals surface area (Å²) >= 11 is 0. The first kappa shape index (κ1) is 12.9. The van der Waals surface area contributed by atoms with Crippen LogP contribution in [0.25, 0.3) is 0 Å². The third-order valence-corrected chi connectivity index (χ3v) is 2.68. The minimum absolute atomic E-state index is 0.0521. The normalized spacial score (nSPS) is 10.2. The van der Waals surface area contributed by atoms with E-state index in [4.69, 9.17) is 4.74 Å². The molecule has 1 heterocycles. The number of benzene rings is 1. The number of aromatic nitrogens is 2. The molecule has 6 nitrogen and oxygen atoms in total. The number of carbonyl (C=O) groups excluding carboxylic acids is 1. The Bertz CT molecular complexity index is 552. The van der Waals surface area contributed by atoms with Crippen LogP contribution in [0.5, 0.6) is 11.5 Å². The van der Waals surface area contributed by atoms with Gasteiger partial charge >= 0.3 is 0 Å². The van der Waals surface area contributed by atoms with E-state index in [1.165, 1.54) is 13.2 Å². The molecule has 0 radical (unpaired) electrons. The summed E-state index contributed by atoms with van der Waals surface area (Å²) in [6.07, 6.45) is 3.98. The largest absolute Gasteiger partial charge is 0.504 e. The van der Waals surface area contributed by atoms with Crippen molar-refractivity contribution in [2.45, 2.75) is 6.42 Å². The summed E-state index contributed by atoms with van der Waals surface area (Å²) in [6, 6.07) is 4.54. The number of hydrogen-bond acceptors (Lipinski definition) is 4. The van der Waals surface area contributed by atoms with Crippen molar-refractivity contribution in [2.24, 2.45) is 0 Å². The molecular weight excluding hydrogens is 246 g/mol. The first-order chi connectivity index (χ1) is 9.20. The summed E-state index contributed by atoms with van der Waals surface area (Å²) in [5.41, 5.74) is 1.35. The molecule has 0 unspecified atom stereocenters. The fourth-order valence-corrected chi connectivity index (χ4v) is 1.67. The topological polar surface area (TPSA) is 87.2 Å². The lowest BCUT2D eigenvalue weighted by molar-refractivity contribution is 0.0953. The van der Waals surface area contributed by atoms with Crippen molar-refractivity contribution in [1.29, 1.82) is 0 Å². The lowest BCUT2D eigenvalue weighted by Gasteiger charge is -2.07. The van der Waals surface area contributed by atoms with Gasteiger partial charge in [-0.3, -0.25) is 4.79 Å². The number of hydrogen-bond donors (Lipinski definition) is 3. The van der Waals surface area contributed by atoms with Gasteiger partial charge in [0.15, 0.2) is 11.5 Å². The molecule has 3 N–H and O–H groups in total. The Morgan fingerprint density at radius 2 is 2.37 bits per heavy atom. The van der Waals surface area contributed by atoms with Crippen LogP contribution in [-0.2, 0) is 6.42 Å². The van der Waals surface area contributed by atoms with E-state index in [0.29, 0.717) is 24.3 Å². The third kappa shape index (κ3) is 3.25. The first-order valence-electron chi connectivity index (χ1n) is 5.83. The fraction of sp³-hybridized carbons (Fsp3) is 0.231. The lowest BCUT2D eigenvalue weighted by Crippen LogP contribution is -2.25. The maximum absolute atomic E-state index is 11.8. The van der Waals surface area contributed by atoms with Crippen LogP contribution < -0.4 is 10.1 Å². The van der Waals surface area contributed by atoms with Crippen LogP contribution in [-0.4, -0.2) is 34.6 Å². The minimum atomic E-state index is -0.238. The van der Waals surface area contributed by atoms with Crippen LogP contribution in [0.1, 0.15) is 16.1 Å². The highest BCUT2D eigenvalue weighted by Gasteiger charge is 2.09. The molecule has 0 spiro atoms. The minimum Gasteiger partial charge on any atom is -0.504 e. The van der Waals surface area contributed by atoms with Gasteiger partial charge in [-0.1, -0.05) is 0 Å². The van der Waals surface area contributed by atoms with Crippen molar-refractivity contribution in [3.05, 3.63) is 42.0 Å². The van der Waals surface area contributed by atoms with E-state index in [9.17, 15) is 9.90 Å². The van der Waals surface area contributed by atoms with Gasteiger partial charge in [-0.05, 0) is 18.2 Å². The number of phenolic OH excluding ortho intramolecular Hbond substituents is 1. The van der Waals surface area contributed by atoms with E-state index in [2.05, 4.69) is 15.3 Å². The van der Waals surface area contributed by atoms with Crippen LogP contribution in [0.4, 0.5) is 0 Å². The Hall–Kier alpha value is -2.50. The number of carbonyl (C=O) groups is 1. The number of nitrogens with zero attached hydrogens (tertiary/aromatic N) is 1. The predicted octanol–water partition coefficient (Wildman–Crippen LogP) is 1.10. The summed E-state index contributed by atoms with van der Waals surface area (Å²) < 4.78 is 4.92. The van der Waals surface area contributed by atoms with E-state index in [1.54, 1.807) is 24.7 Å².